The summed E-state index contributed by atoms with van der Waals surface area (Å²) in [6.45, 7) is 7.58. The number of hydrogen-bond acceptors (Lipinski definition) is 3. The number of benzene rings is 2. The first-order valence-corrected chi connectivity index (χ1v) is 9.35. The fourth-order valence-electron chi connectivity index (χ4n) is 3.47. The maximum Gasteiger partial charge on any atom is 0.251 e. The van der Waals surface area contributed by atoms with Gasteiger partial charge in [-0.3, -0.25) is 9.69 Å². The predicted octanol–water partition coefficient (Wildman–Crippen LogP) is 3.76. The van der Waals surface area contributed by atoms with Crippen molar-refractivity contribution >= 4 is 17.5 Å². The zero-order valence-corrected chi connectivity index (χ0v) is 16.1. The van der Waals surface area contributed by atoms with Crippen LogP contribution < -0.4 is 5.32 Å². The van der Waals surface area contributed by atoms with Crippen LogP contribution in [0.25, 0.3) is 0 Å². The van der Waals surface area contributed by atoms with Crippen LogP contribution in [-0.4, -0.2) is 43.7 Å². The summed E-state index contributed by atoms with van der Waals surface area (Å²) in [6, 6.07) is 13.8. The molecule has 138 valence electrons. The number of morpholine rings is 1. The lowest BCUT2D eigenvalue weighted by molar-refractivity contribution is 0.0162. The van der Waals surface area contributed by atoms with E-state index < -0.39 is 0 Å². The van der Waals surface area contributed by atoms with Gasteiger partial charge in [0.05, 0.1) is 19.3 Å². The number of carbonyl (C=O) groups excluding carboxylic acids is 1. The lowest BCUT2D eigenvalue weighted by Crippen LogP contribution is -2.44. The van der Waals surface area contributed by atoms with Crippen LogP contribution in [0.5, 0.6) is 0 Å². The maximum atomic E-state index is 12.7. The second-order valence-corrected chi connectivity index (χ2v) is 7.18. The minimum absolute atomic E-state index is 0.0301. The van der Waals surface area contributed by atoms with Crippen LogP contribution in [0.1, 0.15) is 33.1 Å². The molecule has 0 aromatic heterocycles. The van der Waals surface area contributed by atoms with Crippen LogP contribution in [0.4, 0.5) is 0 Å². The topological polar surface area (TPSA) is 41.6 Å². The summed E-state index contributed by atoms with van der Waals surface area (Å²) in [5.74, 6) is -0.0536. The summed E-state index contributed by atoms with van der Waals surface area (Å²) in [5, 5.41) is 3.82. The van der Waals surface area contributed by atoms with Gasteiger partial charge in [-0.1, -0.05) is 47.0 Å². The van der Waals surface area contributed by atoms with Crippen molar-refractivity contribution in [3.05, 3.63) is 69.7 Å². The Labute approximate surface area is 160 Å². The number of aryl methyl sites for hydroxylation is 2. The van der Waals surface area contributed by atoms with E-state index in [9.17, 15) is 4.79 Å². The highest BCUT2D eigenvalue weighted by Gasteiger charge is 2.25. The van der Waals surface area contributed by atoms with Crippen molar-refractivity contribution in [2.45, 2.75) is 19.9 Å². The van der Waals surface area contributed by atoms with Crippen molar-refractivity contribution in [3.63, 3.8) is 0 Å². The number of nitrogens with zero attached hydrogens (tertiary/aromatic N) is 1. The maximum absolute atomic E-state index is 12.7. The van der Waals surface area contributed by atoms with E-state index in [4.69, 9.17) is 16.3 Å². The summed E-state index contributed by atoms with van der Waals surface area (Å²) < 4.78 is 5.48. The molecule has 1 aliphatic heterocycles. The second-order valence-electron chi connectivity index (χ2n) is 6.77. The number of halogens is 1. The smallest absolute Gasteiger partial charge is 0.251 e. The van der Waals surface area contributed by atoms with E-state index in [0.717, 1.165) is 34.8 Å². The monoisotopic (exact) mass is 372 g/mol. The van der Waals surface area contributed by atoms with Gasteiger partial charge in [-0.25, -0.2) is 0 Å². The largest absolute Gasteiger partial charge is 0.379 e. The van der Waals surface area contributed by atoms with Gasteiger partial charge < -0.3 is 10.1 Å². The number of carbonyl (C=O) groups is 1. The van der Waals surface area contributed by atoms with Crippen molar-refractivity contribution in [3.8, 4) is 0 Å². The van der Waals surface area contributed by atoms with Crippen molar-refractivity contribution in [2.75, 3.05) is 32.8 Å². The molecule has 1 amide bonds. The zero-order valence-electron chi connectivity index (χ0n) is 15.3. The van der Waals surface area contributed by atoms with Gasteiger partial charge in [0, 0.05) is 30.2 Å². The Morgan fingerprint density at radius 3 is 2.46 bits per heavy atom. The van der Waals surface area contributed by atoms with Gasteiger partial charge in [0.1, 0.15) is 0 Å². The Morgan fingerprint density at radius 2 is 1.81 bits per heavy atom. The van der Waals surface area contributed by atoms with Crippen LogP contribution >= 0.6 is 11.6 Å². The molecule has 1 N–H and O–H groups in total. The van der Waals surface area contributed by atoms with Crippen LogP contribution in [0.2, 0.25) is 5.02 Å². The molecule has 2 aromatic carbocycles. The Hall–Kier alpha value is -1.88. The summed E-state index contributed by atoms with van der Waals surface area (Å²) in [4.78, 5) is 15.0. The first kappa shape index (κ1) is 18.9. The fraction of sp³-hybridized carbons (Fsp3) is 0.381. The van der Waals surface area contributed by atoms with E-state index >= 15 is 0 Å². The molecule has 1 unspecified atom stereocenters. The second kappa shape index (κ2) is 8.67. The number of ether oxygens (including phenoxy) is 1. The molecule has 0 bridgehead atoms. The van der Waals surface area contributed by atoms with Crippen LogP contribution in [-0.2, 0) is 4.74 Å². The molecule has 1 aliphatic rings. The summed E-state index contributed by atoms with van der Waals surface area (Å²) in [5.41, 5.74) is 3.91. The normalized spacial score (nSPS) is 16.3. The van der Waals surface area contributed by atoms with Gasteiger partial charge >= 0.3 is 0 Å². The van der Waals surface area contributed by atoms with E-state index in [1.807, 2.05) is 50.2 Å². The summed E-state index contributed by atoms with van der Waals surface area (Å²) >= 11 is 6.44. The standard InChI is InChI=1S/C21H25ClN2O2/c1-15-11-16(2)13-17(12-15)21(25)23-14-20(24-7-9-26-10-8-24)18-5-3-4-6-19(18)22/h3-6,11-13,20H,7-10,14H2,1-2H3,(H,23,25). The quantitative estimate of drug-likeness (QED) is 0.868. The highest BCUT2D eigenvalue weighted by molar-refractivity contribution is 6.31. The molecule has 1 saturated heterocycles. The molecule has 0 saturated carbocycles. The van der Waals surface area contributed by atoms with Gasteiger partial charge in [0.15, 0.2) is 0 Å². The molecule has 4 nitrogen and oxygen atoms in total. The Kier molecular flexibility index (Phi) is 6.30. The molecule has 26 heavy (non-hydrogen) atoms. The minimum atomic E-state index is -0.0536. The third kappa shape index (κ3) is 4.64. The molecule has 0 aliphatic carbocycles. The van der Waals surface area contributed by atoms with E-state index in [1.54, 1.807) is 0 Å². The van der Waals surface area contributed by atoms with Gasteiger partial charge in [-0.2, -0.15) is 0 Å². The molecule has 3 rings (SSSR count). The average Bonchev–Trinajstić information content (AvgIpc) is 2.63. The molecule has 1 atom stereocenters. The van der Waals surface area contributed by atoms with Gasteiger partial charge in [0.25, 0.3) is 5.91 Å². The van der Waals surface area contributed by atoms with E-state index in [-0.39, 0.29) is 11.9 Å². The number of rotatable bonds is 5. The lowest BCUT2D eigenvalue weighted by Gasteiger charge is -2.35. The van der Waals surface area contributed by atoms with Crippen molar-refractivity contribution < 1.29 is 9.53 Å². The highest BCUT2D eigenvalue weighted by Crippen LogP contribution is 2.27. The summed E-state index contributed by atoms with van der Waals surface area (Å²) in [7, 11) is 0. The third-order valence-electron chi connectivity index (χ3n) is 4.69. The third-order valence-corrected chi connectivity index (χ3v) is 5.03. The molecule has 0 spiro atoms. The Morgan fingerprint density at radius 1 is 1.15 bits per heavy atom. The van der Waals surface area contributed by atoms with Crippen LogP contribution in [0.3, 0.4) is 0 Å². The average molecular weight is 373 g/mol. The van der Waals surface area contributed by atoms with Crippen molar-refractivity contribution in [1.29, 1.82) is 0 Å². The molecular weight excluding hydrogens is 348 g/mol. The zero-order chi connectivity index (χ0) is 18.5. The molecule has 1 fully saturated rings. The van der Waals surface area contributed by atoms with Gasteiger partial charge in [0.2, 0.25) is 0 Å². The van der Waals surface area contributed by atoms with Crippen molar-refractivity contribution in [1.82, 2.24) is 10.2 Å². The van der Waals surface area contributed by atoms with E-state index in [0.29, 0.717) is 25.3 Å². The highest BCUT2D eigenvalue weighted by atomic mass is 35.5. The molecule has 2 aromatic rings. The van der Waals surface area contributed by atoms with Crippen LogP contribution in [0, 0.1) is 13.8 Å². The number of amides is 1. The summed E-state index contributed by atoms with van der Waals surface area (Å²) in [6.07, 6.45) is 0. The molecule has 5 heteroatoms. The predicted molar refractivity (Wildman–Crippen MR) is 105 cm³/mol. The lowest BCUT2D eigenvalue weighted by atomic mass is 10.0. The Bertz CT molecular complexity index is 752. The van der Waals surface area contributed by atoms with E-state index in [2.05, 4.69) is 16.3 Å². The SMILES string of the molecule is Cc1cc(C)cc(C(=O)NCC(c2ccccc2Cl)N2CCOCC2)c1. The minimum Gasteiger partial charge on any atom is -0.379 e. The molecule has 0 radical (unpaired) electrons. The fourth-order valence-corrected chi connectivity index (χ4v) is 3.73. The number of hydrogen-bond donors (Lipinski definition) is 1. The van der Waals surface area contributed by atoms with Crippen LogP contribution in [0.15, 0.2) is 42.5 Å². The van der Waals surface area contributed by atoms with E-state index in [1.165, 1.54) is 0 Å². The van der Waals surface area contributed by atoms with Crippen molar-refractivity contribution in [2.24, 2.45) is 0 Å². The first-order chi connectivity index (χ1) is 12.5. The first-order valence-electron chi connectivity index (χ1n) is 8.97. The number of nitrogens with one attached hydrogen (secondary N) is 1. The van der Waals surface area contributed by atoms with Gasteiger partial charge in [-0.05, 0) is 37.6 Å². The van der Waals surface area contributed by atoms with Gasteiger partial charge in [-0.15, -0.1) is 0 Å². The molecule has 1 heterocycles. The Balaban J connectivity index is 1.77. The molecular formula is C21H25ClN2O2.